The fraction of sp³-hybridized carbons (Fsp3) is 0.115. The maximum Gasteiger partial charge on any atom is 0.271 e. The summed E-state index contributed by atoms with van der Waals surface area (Å²) < 4.78 is 5.87. The van der Waals surface area contributed by atoms with E-state index in [1.807, 2.05) is 32.0 Å². The molecule has 3 aromatic carbocycles. The molecule has 0 unspecified atom stereocenters. The molecule has 0 atom stereocenters. The van der Waals surface area contributed by atoms with Crippen LogP contribution in [0.15, 0.2) is 71.6 Å². The van der Waals surface area contributed by atoms with Gasteiger partial charge in [0.25, 0.3) is 17.5 Å². The summed E-state index contributed by atoms with van der Waals surface area (Å²) in [5.74, 6) is -0.118. The van der Waals surface area contributed by atoms with E-state index in [0.29, 0.717) is 26.3 Å². The maximum absolute atomic E-state index is 12.9. The van der Waals surface area contributed by atoms with E-state index in [1.54, 1.807) is 36.4 Å². The van der Waals surface area contributed by atoms with E-state index in [-0.39, 0.29) is 24.1 Å². The highest BCUT2D eigenvalue weighted by Gasteiger charge is 2.33. The molecule has 8 nitrogen and oxygen atoms in total. The first-order chi connectivity index (χ1) is 17.2. The third-order valence-electron chi connectivity index (χ3n) is 5.43. The van der Waals surface area contributed by atoms with Crippen LogP contribution < -0.4 is 15.0 Å². The van der Waals surface area contributed by atoms with Crippen LogP contribution in [0.1, 0.15) is 16.7 Å². The zero-order valence-corrected chi connectivity index (χ0v) is 21.0. The van der Waals surface area contributed by atoms with Crippen LogP contribution in [0.4, 0.5) is 17.1 Å². The van der Waals surface area contributed by atoms with E-state index in [9.17, 15) is 19.7 Å². The maximum atomic E-state index is 12.9. The third-order valence-corrected chi connectivity index (χ3v) is 6.73. The van der Waals surface area contributed by atoms with Gasteiger partial charge < -0.3 is 10.1 Å². The standard InChI is InChI=1S/C26H21N3O5S2/c1-16-6-9-19(12-17(16)2)27-24(30)15-34-22-10-7-18(8-11-22)13-23-25(31)28(26(35)36-23)20-4-3-5-21(14-20)29(32)33/h3-14H,15H2,1-2H3,(H,27,30)/b23-13+. The molecular formula is C26H21N3O5S2. The lowest BCUT2D eigenvalue weighted by Gasteiger charge is -2.13. The van der Waals surface area contributed by atoms with Crippen LogP contribution in [0.25, 0.3) is 6.08 Å². The van der Waals surface area contributed by atoms with Gasteiger partial charge in [0, 0.05) is 17.8 Å². The van der Waals surface area contributed by atoms with Crippen molar-refractivity contribution in [3.05, 3.63) is 98.4 Å². The monoisotopic (exact) mass is 519 g/mol. The molecule has 1 aliphatic rings. The van der Waals surface area contributed by atoms with Crippen LogP contribution in [0.2, 0.25) is 0 Å². The van der Waals surface area contributed by atoms with Gasteiger partial charge in [0.05, 0.1) is 15.5 Å². The summed E-state index contributed by atoms with van der Waals surface area (Å²) in [6.07, 6.45) is 1.69. The van der Waals surface area contributed by atoms with Crippen LogP contribution in [-0.4, -0.2) is 27.7 Å². The number of thioether (sulfide) groups is 1. The van der Waals surface area contributed by atoms with Crippen molar-refractivity contribution in [3.63, 3.8) is 0 Å². The number of aryl methyl sites for hydroxylation is 2. The molecule has 0 aliphatic carbocycles. The van der Waals surface area contributed by atoms with Crippen molar-refractivity contribution in [1.82, 2.24) is 0 Å². The molecule has 182 valence electrons. The van der Waals surface area contributed by atoms with Gasteiger partial charge in [0.15, 0.2) is 10.9 Å². The summed E-state index contributed by atoms with van der Waals surface area (Å²) in [6, 6.07) is 18.4. The molecule has 2 amide bonds. The molecule has 10 heteroatoms. The lowest BCUT2D eigenvalue weighted by molar-refractivity contribution is -0.384. The Morgan fingerprint density at radius 1 is 1.11 bits per heavy atom. The number of anilines is 2. The van der Waals surface area contributed by atoms with Crippen LogP contribution in [0.5, 0.6) is 5.75 Å². The zero-order chi connectivity index (χ0) is 25.8. The van der Waals surface area contributed by atoms with Crippen molar-refractivity contribution >= 4 is 63.3 Å². The number of thiocarbonyl (C=S) groups is 1. The van der Waals surface area contributed by atoms with E-state index in [1.165, 1.54) is 23.1 Å². The molecule has 1 fully saturated rings. The number of amides is 2. The Hall–Kier alpha value is -4.02. The predicted molar refractivity (Wildman–Crippen MR) is 145 cm³/mol. The van der Waals surface area contributed by atoms with Crippen LogP contribution in [0, 0.1) is 24.0 Å². The molecule has 1 aliphatic heterocycles. The second-order valence-corrected chi connectivity index (χ2v) is 9.67. The minimum absolute atomic E-state index is 0.122. The molecule has 0 spiro atoms. The zero-order valence-electron chi connectivity index (χ0n) is 19.4. The number of benzene rings is 3. The predicted octanol–water partition coefficient (Wildman–Crippen LogP) is 5.63. The van der Waals surface area contributed by atoms with Crippen LogP contribution in [-0.2, 0) is 9.59 Å². The van der Waals surface area contributed by atoms with Crippen LogP contribution in [0.3, 0.4) is 0 Å². The van der Waals surface area contributed by atoms with Gasteiger partial charge in [0.1, 0.15) is 5.75 Å². The molecule has 0 aromatic heterocycles. The van der Waals surface area contributed by atoms with E-state index in [4.69, 9.17) is 17.0 Å². The van der Waals surface area contributed by atoms with Gasteiger partial charge in [-0.1, -0.05) is 48.2 Å². The van der Waals surface area contributed by atoms with E-state index in [2.05, 4.69) is 5.32 Å². The van der Waals surface area contributed by atoms with Crippen molar-refractivity contribution in [2.24, 2.45) is 0 Å². The summed E-state index contributed by atoms with van der Waals surface area (Å²) in [4.78, 5) is 37.4. The highest BCUT2D eigenvalue weighted by atomic mass is 32.2. The Bertz CT molecular complexity index is 1400. The lowest BCUT2D eigenvalue weighted by atomic mass is 10.1. The van der Waals surface area contributed by atoms with Crippen molar-refractivity contribution < 1.29 is 19.2 Å². The Morgan fingerprint density at radius 3 is 2.56 bits per heavy atom. The number of carbonyl (C=O) groups is 2. The van der Waals surface area contributed by atoms with Gasteiger partial charge in [-0.25, -0.2) is 0 Å². The highest BCUT2D eigenvalue weighted by molar-refractivity contribution is 8.27. The summed E-state index contributed by atoms with van der Waals surface area (Å²) in [7, 11) is 0. The topological polar surface area (TPSA) is 102 Å². The number of nitrogens with one attached hydrogen (secondary N) is 1. The normalized spacial score (nSPS) is 14.3. The first kappa shape index (κ1) is 25.1. The number of hydrogen-bond acceptors (Lipinski definition) is 7. The molecule has 4 rings (SSSR count). The number of hydrogen-bond donors (Lipinski definition) is 1. The Kier molecular flexibility index (Phi) is 7.47. The first-order valence-electron chi connectivity index (χ1n) is 10.8. The van der Waals surface area contributed by atoms with Crippen molar-refractivity contribution in [3.8, 4) is 5.75 Å². The SMILES string of the molecule is Cc1ccc(NC(=O)COc2ccc(/C=C3/SC(=S)N(c4cccc([N+](=O)[O-])c4)C3=O)cc2)cc1C. The van der Waals surface area contributed by atoms with Crippen molar-refractivity contribution in [2.75, 3.05) is 16.8 Å². The average Bonchev–Trinajstić information content (AvgIpc) is 3.13. The smallest absolute Gasteiger partial charge is 0.271 e. The van der Waals surface area contributed by atoms with Gasteiger partial charge in [-0.2, -0.15) is 0 Å². The highest BCUT2D eigenvalue weighted by Crippen LogP contribution is 2.37. The molecule has 0 radical (unpaired) electrons. The summed E-state index contributed by atoms with van der Waals surface area (Å²) in [5, 5.41) is 13.9. The quantitative estimate of drug-likeness (QED) is 0.187. The van der Waals surface area contributed by atoms with Gasteiger partial charge in [0.2, 0.25) is 0 Å². The number of nitro benzene ring substituents is 1. The van der Waals surface area contributed by atoms with E-state index < -0.39 is 4.92 Å². The Balaban J connectivity index is 1.38. The second kappa shape index (κ2) is 10.7. The molecule has 3 aromatic rings. The van der Waals surface area contributed by atoms with Crippen LogP contribution >= 0.6 is 24.0 Å². The fourth-order valence-electron chi connectivity index (χ4n) is 3.41. The number of nitro groups is 1. The van der Waals surface area contributed by atoms with Gasteiger partial charge in [-0.15, -0.1) is 0 Å². The Labute approximate surface area is 217 Å². The molecule has 1 N–H and O–H groups in total. The molecule has 1 saturated heterocycles. The number of ether oxygens (including phenoxy) is 1. The third kappa shape index (κ3) is 5.78. The molecule has 1 heterocycles. The van der Waals surface area contributed by atoms with Gasteiger partial charge in [-0.3, -0.25) is 24.6 Å². The van der Waals surface area contributed by atoms with Gasteiger partial charge in [-0.05, 0) is 66.9 Å². The molecule has 0 bridgehead atoms. The van der Waals surface area contributed by atoms with E-state index in [0.717, 1.165) is 28.5 Å². The molecule has 0 saturated carbocycles. The summed E-state index contributed by atoms with van der Waals surface area (Å²) in [6.45, 7) is 3.84. The summed E-state index contributed by atoms with van der Waals surface area (Å²) in [5.41, 5.74) is 3.91. The largest absolute Gasteiger partial charge is 0.484 e. The number of nitrogens with zero attached hydrogens (tertiary/aromatic N) is 2. The number of non-ortho nitro benzene ring substituents is 1. The summed E-state index contributed by atoms with van der Waals surface area (Å²) >= 11 is 6.46. The second-order valence-electron chi connectivity index (χ2n) is 8.00. The lowest BCUT2D eigenvalue weighted by Crippen LogP contribution is -2.27. The minimum Gasteiger partial charge on any atom is -0.484 e. The molecule has 36 heavy (non-hydrogen) atoms. The fourth-order valence-corrected chi connectivity index (χ4v) is 4.71. The van der Waals surface area contributed by atoms with Crippen molar-refractivity contribution in [2.45, 2.75) is 13.8 Å². The minimum atomic E-state index is -0.520. The number of carbonyl (C=O) groups excluding carboxylic acids is 2. The van der Waals surface area contributed by atoms with E-state index >= 15 is 0 Å². The van der Waals surface area contributed by atoms with Crippen molar-refractivity contribution in [1.29, 1.82) is 0 Å². The Morgan fingerprint density at radius 2 is 1.86 bits per heavy atom. The molecular weight excluding hydrogens is 498 g/mol. The van der Waals surface area contributed by atoms with Gasteiger partial charge >= 0.3 is 0 Å². The first-order valence-corrected chi connectivity index (χ1v) is 12.1. The number of rotatable bonds is 7. The average molecular weight is 520 g/mol.